The van der Waals surface area contributed by atoms with Crippen LogP contribution in [0.15, 0.2) is 0 Å². The van der Waals surface area contributed by atoms with Gasteiger partial charge in [0, 0.05) is 0 Å². The molecule has 2 heteroatoms. The number of rotatable bonds is 9. The molecule has 0 rings (SSSR count). The minimum absolute atomic E-state index is 0.00559. The SMILES string of the molecule is CC(C)CCCCCCCOC(=O)C(C)C. The normalized spacial score (nSPS) is 11.1. The molecule has 0 aromatic heterocycles. The Bertz CT molecular complexity index is 174. The highest BCUT2D eigenvalue weighted by Crippen LogP contribution is 2.10. The first-order valence-electron chi connectivity index (χ1n) is 6.70. The molecule has 0 aliphatic rings. The zero-order valence-electron chi connectivity index (χ0n) is 11.4. The summed E-state index contributed by atoms with van der Waals surface area (Å²) in [5, 5.41) is 0. The summed E-state index contributed by atoms with van der Waals surface area (Å²) in [4.78, 5) is 11.1. The maximum atomic E-state index is 11.1. The molecule has 0 atom stereocenters. The van der Waals surface area contributed by atoms with E-state index >= 15 is 0 Å². The molecule has 0 aliphatic heterocycles. The second-order valence-corrected chi connectivity index (χ2v) is 5.27. The topological polar surface area (TPSA) is 26.3 Å². The van der Waals surface area contributed by atoms with Gasteiger partial charge < -0.3 is 4.74 Å². The lowest BCUT2D eigenvalue weighted by molar-refractivity contribution is -0.147. The second-order valence-electron chi connectivity index (χ2n) is 5.27. The van der Waals surface area contributed by atoms with Crippen LogP contribution in [0.5, 0.6) is 0 Å². The molecule has 0 aromatic carbocycles. The molecule has 0 heterocycles. The molecule has 0 spiro atoms. The summed E-state index contributed by atoms with van der Waals surface area (Å²) >= 11 is 0. The lowest BCUT2D eigenvalue weighted by Gasteiger charge is -2.07. The van der Waals surface area contributed by atoms with Gasteiger partial charge in [-0.25, -0.2) is 0 Å². The molecule has 0 aliphatic carbocycles. The Morgan fingerprint density at radius 3 is 2.06 bits per heavy atom. The smallest absolute Gasteiger partial charge is 0.308 e. The van der Waals surface area contributed by atoms with Crippen molar-refractivity contribution in [2.75, 3.05) is 6.61 Å². The predicted octanol–water partition coefficient (Wildman–Crippen LogP) is 4.18. The quantitative estimate of drug-likeness (QED) is 0.437. The van der Waals surface area contributed by atoms with Crippen LogP contribution in [-0.4, -0.2) is 12.6 Å². The minimum atomic E-state index is -0.0696. The van der Waals surface area contributed by atoms with Crippen LogP contribution in [-0.2, 0) is 9.53 Å². The molecule has 0 aromatic rings. The van der Waals surface area contributed by atoms with Gasteiger partial charge in [0.25, 0.3) is 0 Å². The third kappa shape index (κ3) is 10.0. The first kappa shape index (κ1) is 15.5. The number of hydrogen-bond acceptors (Lipinski definition) is 2. The molecule has 0 unspecified atom stereocenters. The Kier molecular flexibility index (Phi) is 9.36. The summed E-state index contributed by atoms with van der Waals surface area (Å²) in [6.45, 7) is 8.88. The van der Waals surface area contributed by atoms with Crippen molar-refractivity contribution in [3.8, 4) is 0 Å². The maximum absolute atomic E-state index is 11.1. The molecule has 0 fully saturated rings. The average molecular weight is 228 g/mol. The molecule has 0 N–H and O–H groups in total. The highest BCUT2D eigenvalue weighted by Gasteiger charge is 2.06. The van der Waals surface area contributed by atoms with Crippen molar-refractivity contribution >= 4 is 5.97 Å². The highest BCUT2D eigenvalue weighted by atomic mass is 16.5. The summed E-state index contributed by atoms with van der Waals surface area (Å²) in [6.07, 6.45) is 7.46. The van der Waals surface area contributed by atoms with Crippen LogP contribution in [0, 0.1) is 11.8 Å². The molecule has 2 nitrogen and oxygen atoms in total. The minimum Gasteiger partial charge on any atom is -0.465 e. The fourth-order valence-corrected chi connectivity index (χ4v) is 1.52. The van der Waals surface area contributed by atoms with Crippen LogP contribution >= 0.6 is 0 Å². The summed E-state index contributed by atoms with van der Waals surface area (Å²) in [5.74, 6) is 0.762. The first-order valence-corrected chi connectivity index (χ1v) is 6.70. The molecule has 0 saturated heterocycles. The lowest BCUT2D eigenvalue weighted by Crippen LogP contribution is -2.12. The van der Waals surface area contributed by atoms with Gasteiger partial charge in [-0.3, -0.25) is 4.79 Å². The standard InChI is InChI=1S/C14H28O2/c1-12(2)10-8-6-5-7-9-11-16-14(15)13(3)4/h12-13H,5-11H2,1-4H3. The number of ether oxygens (including phenoxy) is 1. The van der Waals surface area contributed by atoms with Crippen LogP contribution in [0.2, 0.25) is 0 Å². The van der Waals surface area contributed by atoms with Gasteiger partial charge in [0.05, 0.1) is 12.5 Å². The van der Waals surface area contributed by atoms with E-state index in [-0.39, 0.29) is 11.9 Å². The van der Waals surface area contributed by atoms with Gasteiger partial charge in [-0.1, -0.05) is 59.8 Å². The van der Waals surface area contributed by atoms with Crippen molar-refractivity contribution < 1.29 is 9.53 Å². The number of unbranched alkanes of at least 4 members (excludes halogenated alkanes) is 4. The Balaban J connectivity index is 3.13. The van der Waals surface area contributed by atoms with Crippen molar-refractivity contribution in [2.45, 2.75) is 66.2 Å². The largest absolute Gasteiger partial charge is 0.465 e. The first-order chi connectivity index (χ1) is 7.54. The van der Waals surface area contributed by atoms with Crippen molar-refractivity contribution in [1.82, 2.24) is 0 Å². The fourth-order valence-electron chi connectivity index (χ4n) is 1.52. The average Bonchev–Trinajstić information content (AvgIpc) is 2.21. The molecular weight excluding hydrogens is 200 g/mol. The molecular formula is C14H28O2. The molecule has 0 saturated carbocycles. The monoisotopic (exact) mass is 228 g/mol. The second kappa shape index (κ2) is 9.68. The van der Waals surface area contributed by atoms with Gasteiger partial charge in [0.2, 0.25) is 0 Å². The molecule has 0 amide bonds. The van der Waals surface area contributed by atoms with Gasteiger partial charge in [-0.15, -0.1) is 0 Å². The van der Waals surface area contributed by atoms with E-state index < -0.39 is 0 Å². The zero-order valence-corrected chi connectivity index (χ0v) is 11.4. The van der Waals surface area contributed by atoms with E-state index in [0.717, 1.165) is 12.3 Å². The Morgan fingerprint density at radius 2 is 1.50 bits per heavy atom. The van der Waals surface area contributed by atoms with Crippen molar-refractivity contribution in [3.63, 3.8) is 0 Å². The third-order valence-corrected chi connectivity index (χ3v) is 2.64. The van der Waals surface area contributed by atoms with Gasteiger partial charge in [-0.05, 0) is 12.3 Å². The molecule has 0 bridgehead atoms. The number of carbonyl (C=O) groups is 1. The molecule has 0 radical (unpaired) electrons. The van der Waals surface area contributed by atoms with Crippen LogP contribution < -0.4 is 0 Å². The Hall–Kier alpha value is -0.530. The van der Waals surface area contributed by atoms with Crippen LogP contribution in [0.3, 0.4) is 0 Å². The van der Waals surface area contributed by atoms with Gasteiger partial charge >= 0.3 is 5.97 Å². The van der Waals surface area contributed by atoms with Crippen molar-refractivity contribution in [2.24, 2.45) is 11.8 Å². The van der Waals surface area contributed by atoms with Crippen LogP contribution in [0.1, 0.15) is 66.2 Å². The number of hydrogen-bond donors (Lipinski definition) is 0. The summed E-state index contributed by atoms with van der Waals surface area (Å²) in [6, 6.07) is 0. The van der Waals surface area contributed by atoms with E-state index in [1.165, 1.54) is 32.1 Å². The van der Waals surface area contributed by atoms with Crippen molar-refractivity contribution in [3.05, 3.63) is 0 Å². The van der Waals surface area contributed by atoms with Crippen LogP contribution in [0.25, 0.3) is 0 Å². The predicted molar refractivity (Wildman–Crippen MR) is 68.3 cm³/mol. The van der Waals surface area contributed by atoms with Gasteiger partial charge in [0.1, 0.15) is 0 Å². The summed E-state index contributed by atoms with van der Waals surface area (Å²) in [5.41, 5.74) is 0. The maximum Gasteiger partial charge on any atom is 0.308 e. The van der Waals surface area contributed by atoms with Gasteiger partial charge in [0.15, 0.2) is 0 Å². The van der Waals surface area contributed by atoms with Gasteiger partial charge in [-0.2, -0.15) is 0 Å². The van der Waals surface area contributed by atoms with E-state index in [4.69, 9.17) is 4.74 Å². The summed E-state index contributed by atoms with van der Waals surface area (Å²) in [7, 11) is 0. The third-order valence-electron chi connectivity index (χ3n) is 2.64. The summed E-state index contributed by atoms with van der Waals surface area (Å²) < 4.78 is 5.11. The highest BCUT2D eigenvalue weighted by molar-refractivity contribution is 5.71. The Morgan fingerprint density at radius 1 is 0.938 bits per heavy atom. The number of carbonyl (C=O) groups excluding carboxylic acids is 1. The zero-order chi connectivity index (χ0) is 12.4. The van der Waals surface area contributed by atoms with Crippen molar-refractivity contribution in [1.29, 1.82) is 0 Å². The van der Waals surface area contributed by atoms with E-state index in [9.17, 15) is 4.79 Å². The number of esters is 1. The molecule has 96 valence electrons. The fraction of sp³-hybridized carbons (Fsp3) is 0.929. The van der Waals surface area contributed by atoms with E-state index in [1.807, 2.05) is 13.8 Å². The molecule has 16 heavy (non-hydrogen) atoms. The van der Waals surface area contributed by atoms with E-state index in [2.05, 4.69) is 13.8 Å². The Labute approximate surface area is 101 Å². The van der Waals surface area contributed by atoms with E-state index in [1.54, 1.807) is 0 Å². The van der Waals surface area contributed by atoms with Crippen LogP contribution in [0.4, 0.5) is 0 Å². The van der Waals surface area contributed by atoms with E-state index in [0.29, 0.717) is 6.61 Å². The lowest BCUT2D eigenvalue weighted by atomic mass is 10.0.